The Bertz CT molecular complexity index is 2130. The number of hydrogen-bond donors (Lipinski definition) is 0. The maximum absolute atomic E-state index is 12.6. The van der Waals surface area contributed by atoms with Crippen molar-refractivity contribution in [3.63, 3.8) is 0 Å². The van der Waals surface area contributed by atoms with Crippen LogP contribution in [0.3, 0.4) is 0 Å². The largest absolute Gasteiger partial charge is 0.378 e. The highest BCUT2D eigenvalue weighted by atomic mass is 19.1. The number of nitrogens with zero attached hydrogens (tertiary/aromatic N) is 4. The number of ether oxygens (including phenoxy) is 3. The summed E-state index contributed by atoms with van der Waals surface area (Å²) in [6.07, 6.45) is 16.2. The molecule has 3 aromatic carbocycles. The Kier molecular flexibility index (Phi) is 64.1. The fourth-order valence-corrected chi connectivity index (χ4v) is 6.84. The van der Waals surface area contributed by atoms with E-state index in [1.54, 1.807) is 33.0 Å². The lowest BCUT2D eigenvalue weighted by molar-refractivity contribution is -0.187. The molecule has 0 spiro atoms. The first-order valence-corrected chi connectivity index (χ1v) is 27.0. The zero-order chi connectivity index (χ0) is 57.3. The molecule has 3 aromatic heterocycles. The van der Waals surface area contributed by atoms with Gasteiger partial charge in [-0.2, -0.15) is 0 Å². The summed E-state index contributed by atoms with van der Waals surface area (Å²) in [5, 5.41) is 0. The highest BCUT2D eigenvalue weighted by Crippen LogP contribution is 2.27. The van der Waals surface area contributed by atoms with Crippen molar-refractivity contribution in [1.82, 2.24) is 19.9 Å². The number of hydrogen-bond acceptors (Lipinski definition) is 7. The van der Waals surface area contributed by atoms with Gasteiger partial charge >= 0.3 is 0 Å². The Morgan fingerprint density at radius 2 is 0.718 bits per heavy atom. The highest BCUT2D eigenvalue weighted by Gasteiger charge is 2.15. The van der Waals surface area contributed by atoms with Gasteiger partial charge in [-0.25, -0.2) is 27.5 Å². The first kappa shape index (κ1) is 98.7. The number of rotatable bonds is 0. The summed E-state index contributed by atoms with van der Waals surface area (Å²) in [5.41, 5.74) is 9.76. The third kappa shape index (κ3) is 49.5. The fraction of sp³-hybridized carbons (Fsp3) is 0.568. The van der Waals surface area contributed by atoms with Gasteiger partial charge in [0.15, 0.2) is 6.29 Å². The van der Waals surface area contributed by atoms with Crippen LogP contribution in [-0.4, -0.2) is 52.2 Å². The summed E-state index contributed by atoms with van der Waals surface area (Å²) in [6.45, 7) is 38.1. The lowest BCUT2D eigenvalue weighted by Crippen LogP contribution is -2.27. The summed E-state index contributed by atoms with van der Waals surface area (Å²) >= 11 is 0. The number of aryl methyl sites for hydroxylation is 11. The van der Waals surface area contributed by atoms with Crippen molar-refractivity contribution in [3.8, 4) is 0 Å². The zero-order valence-electron chi connectivity index (χ0n) is 49.6. The Hall–Kier alpha value is -5.36. The van der Waals surface area contributed by atoms with Crippen molar-refractivity contribution in [1.29, 1.82) is 0 Å². The van der Waals surface area contributed by atoms with E-state index in [2.05, 4.69) is 98.7 Å². The summed E-state index contributed by atoms with van der Waals surface area (Å²) in [5.74, 6) is 2.95. The summed E-state index contributed by atoms with van der Waals surface area (Å²) in [4.78, 5) is 15.8. The fourth-order valence-electron chi connectivity index (χ4n) is 6.84. The van der Waals surface area contributed by atoms with Gasteiger partial charge in [0.05, 0.1) is 25.0 Å². The minimum Gasteiger partial charge on any atom is -0.378 e. The number of halogens is 4. The van der Waals surface area contributed by atoms with Crippen LogP contribution < -0.4 is 0 Å². The van der Waals surface area contributed by atoms with E-state index in [1.165, 1.54) is 86.4 Å². The Morgan fingerprint density at radius 3 is 1.05 bits per heavy atom. The molecule has 2 saturated heterocycles. The normalized spacial score (nSPS) is 17.1. The topological polar surface area (TPSA) is 79.2 Å². The molecule has 0 bridgehead atoms. The molecule has 3 fully saturated rings. The first-order chi connectivity index (χ1) is 35.7. The van der Waals surface area contributed by atoms with Crippen molar-refractivity contribution in [3.05, 3.63) is 188 Å². The van der Waals surface area contributed by atoms with Crippen LogP contribution in [0, 0.1) is 130 Å². The average molecular weight is 1200 g/mol. The Balaban J connectivity index is -0.000000108. The van der Waals surface area contributed by atoms with E-state index in [9.17, 15) is 17.6 Å². The van der Waals surface area contributed by atoms with E-state index in [4.69, 9.17) is 14.2 Å². The maximum Gasteiger partial charge on any atom is 0.154 e. The lowest BCUT2D eigenvalue weighted by Gasteiger charge is -2.24. The van der Waals surface area contributed by atoms with Crippen molar-refractivity contribution < 1.29 is 31.8 Å². The van der Waals surface area contributed by atoms with Crippen molar-refractivity contribution in [2.75, 3.05) is 19.8 Å². The molecular formula is C74H130F4N4O3. The van der Waals surface area contributed by atoms with Crippen LogP contribution in [0.4, 0.5) is 17.6 Å². The van der Waals surface area contributed by atoms with Gasteiger partial charge in [-0.15, -0.1) is 0 Å². The molecular weight excluding hydrogens is 1070 g/mol. The quantitative estimate of drug-likeness (QED) is 0.140. The van der Waals surface area contributed by atoms with Crippen molar-refractivity contribution in [2.45, 2.75) is 242 Å². The summed E-state index contributed by atoms with van der Waals surface area (Å²) in [7, 11) is 0. The SMILES string of the molecule is C.C.C.C.C.C.C.C.C.CC1CCC(C)CC1.CC1CCC(C)OC1.CC1COC(C)OC1.Cc1cc(F)c(C)c(F)c1.Cc1ccc(C)c(F)c1.Cc1ccc(C)cc1.Cc1ccc(C)nc1.Cc1cnc(C)c(F)c1.Cc1cnc(C)nc1. The minimum absolute atomic E-state index is 0. The van der Waals surface area contributed by atoms with Crippen LogP contribution in [0.25, 0.3) is 0 Å². The Labute approximate surface area is 523 Å². The predicted molar refractivity (Wildman–Crippen MR) is 368 cm³/mol. The molecule has 9 rings (SSSR count). The summed E-state index contributed by atoms with van der Waals surface area (Å²) in [6, 6.07) is 21.9. The second-order valence-corrected chi connectivity index (χ2v) is 21.2. The third-order valence-electron chi connectivity index (χ3n) is 12.4. The van der Waals surface area contributed by atoms with Gasteiger partial charge in [0, 0.05) is 48.6 Å². The molecule has 2 atom stereocenters. The Morgan fingerprint density at radius 1 is 0.341 bits per heavy atom. The molecule has 0 amide bonds. The van der Waals surface area contributed by atoms with Gasteiger partial charge in [0.1, 0.15) is 29.1 Å². The van der Waals surface area contributed by atoms with Crippen LogP contribution in [0.15, 0.2) is 97.6 Å². The van der Waals surface area contributed by atoms with Crippen molar-refractivity contribution >= 4 is 0 Å². The van der Waals surface area contributed by atoms with Crippen LogP contribution >= 0.6 is 0 Å². The molecule has 85 heavy (non-hydrogen) atoms. The number of pyridine rings is 2. The molecule has 7 nitrogen and oxygen atoms in total. The molecule has 3 aliphatic rings. The minimum atomic E-state index is -0.475. The van der Waals surface area contributed by atoms with E-state index in [1.807, 2.05) is 79.2 Å². The van der Waals surface area contributed by atoms with Gasteiger partial charge < -0.3 is 14.2 Å². The molecule has 1 aliphatic carbocycles. The predicted octanol–water partition coefficient (Wildman–Crippen LogP) is 23.4. The maximum atomic E-state index is 12.6. The van der Waals surface area contributed by atoms with E-state index in [-0.39, 0.29) is 90.3 Å². The van der Waals surface area contributed by atoms with Crippen LogP contribution in [-0.2, 0) is 14.2 Å². The zero-order valence-corrected chi connectivity index (χ0v) is 49.6. The van der Waals surface area contributed by atoms with Crippen LogP contribution in [0.5, 0.6) is 0 Å². The number of benzene rings is 3. The molecule has 492 valence electrons. The molecule has 5 heterocycles. The van der Waals surface area contributed by atoms with Crippen LogP contribution in [0.1, 0.15) is 214 Å². The molecule has 1 saturated carbocycles. The standard InChI is InChI=1S/C8H8F2.C8H9F.C8H16.C8H10.C7H8FN.C7H9N.C7H14O.C6H8N2.C6H12O2.9CH4/c1-5-3-7(9)6(2)8(10)4-5;1-6-3-4-7(2)8(9)5-6;2*1-7-3-5-8(2)6-4-7;1-5-3-7(8)6(2)9-4-5;2*1-6-3-4-7(2)8-5-6;2*1-5-3-7-6(2)8-4-5;;;;;;;;;/h3-4H,1-2H3;3-5H,1-2H3;7-8H,3-6H2,1-2H3;3-6H,1-2H3;3-4H,1-2H3;3-5H,1-2H3;6-7H,3-5H2,1-2H3;3-4H,1-2H3;5-6H,3-4H2,1-2H3;9*1H4. The monoisotopic (exact) mass is 1200 g/mol. The van der Waals surface area contributed by atoms with Gasteiger partial charge in [-0.3, -0.25) is 9.97 Å². The highest BCUT2D eigenvalue weighted by molar-refractivity contribution is 5.24. The average Bonchev–Trinajstić information content (AvgIpc) is 3.38. The molecule has 2 aliphatic heterocycles. The smallest absolute Gasteiger partial charge is 0.154 e. The lowest BCUT2D eigenvalue weighted by atomic mass is 9.84. The molecule has 0 N–H and O–H groups in total. The summed E-state index contributed by atoms with van der Waals surface area (Å²) < 4.78 is 66.0. The van der Waals surface area contributed by atoms with E-state index >= 15 is 0 Å². The van der Waals surface area contributed by atoms with E-state index in [0.717, 1.165) is 65.8 Å². The number of aromatic nitrogens is 4. The third-order valence-corrected chi connectivity index (χ3v) is 12.4. The molecule has 2 unspecified atom stereocenters. The molecule has 11 heteroatoms. The second kappa shape index (κ2) is 55.2. The van der Waals surface area contributed by atoms with Crippen molar-refractivity contribution in [2.24, 2.45) is 23.7 Å². The second-order valence-electron chi connectivity index (χ2n) is 21.2. The van der Waals surface area contributed by atoms with E-state index in [0.29, 0.717) is 28.8 Å². The van der Waals surface area contributed by atoms with Gasteiger partial charge in [-0.05, 0) is 191 Å². The van der Waals surface area contributed by atoms with Gasteiger partial charge in [0.2, 0.25) is 0 Å². The van der Waals surface area contributed by atoms with Crippen LogP contribution in [0.2, 0.25) is 0 Å². The van der Waals surface area contributed by atoms with Gasteiger partial charge in [0.25, 0.3) is 0 Å². The molecule has 0 radical (unpaired) electrons. The van der Waals surface area contributed by atoms with Gasteiger partial charge in [-0.1, -0.05) is 174 Å². The molecule has 6 aromatic rings. The van der Waals surface area contributed by atoms with E-state index < -0.39 is 11.6 Å². The first-order valence-electron chi connectivity index (χ1n) is 27.0.